The van der Waals surface area contributed by atoms with Crippen LogP contribution in [0.4, 0.5) is 11.4 Å². The number of carbonyl (C=O) groups is 3. The maximum Gasteiger partial charge on any atom is 1.00 e. The molecule has 4 aliphatic rings. The van der Waals surface area contributed by atoms with E-state index in [0.29, 0.717) is 139 Å². The van der Waals surface area contributed by atoms with Crippen molar-refractivity contribution in [1.29, 1.82) is 0 Å². The van der Waals surface area contributed by atoms with Crippen molar-refractivity contribution < 1.29 is 174 Å². The summed E-state index contributed by atoms with van der Waals surface area (Å²) < 4.78 is 174. The molecule has 1 fully saturated rings. The summed E-state index contributed by atoms with van der Waals surface area (Å²) in [4.78, 5) is 44.2. The third-order valence-electron chi connectivity index (χ3n) is 16.4. The van der Waals surface area contributed by atoms with Gasteiger partial charge in [-0.3, -0.25) is 9.59 Å². The summed E-state index contributed by atoms with van der Waals surface area (Å²) in [6.07, 6.45) is 13.5. The zero-order valence-corrected chi connectivity index (χ0v) is 65.2. The average molecular weight is 1470 g/mol. The number of rotatable bonds is 47. The molecule has 1 unspecified atom stereocenters. The second-order valence-corrected chi connectivity index (χ2v) is 29.1. The van der Waals surface area contributed by atoms with Crippen LogP contribution in [0.2, 0.25) is 0 Å². The summed E-state index contributed by atoms with van der Waals surface area (Å²) >= 11 is 0. The topological polar surface area (TPSA) is 343 Å². The van der Waals surface area contributed by atoms with Crippen LogP contribution in [0.15, 0.2) is 83.5 Å². The number of carbonyl (C=O) groups excluding carboxylic acids is 3. The zero-order valence-electron chi connectivity index (χ0n) is 58.7. The molecule has 4 heterocycles. The largest absolute Gasteiger partial charge is 1.00 e. The summed E-state index contributed by atoms with van der Waals surface area (Å²) in [5, 5.41) is 0.445. The number of nitrogens with zero attached hydrogens (tertiary/aromatic N) is 3. The first kappa shape index (κ1) is 87.8. The van der Waals surface area contributed by atoms with Crippen molar-refractivity contribution in [3.8, 4) is 5.75 Å². The van der Waals surface area contributed by atoms with Crippen molar-refractivity contribution in [2.24, 2.45) is 5.41 Å². The summed E-state index contributed by atoms with van der Waals surface area (Å²) in [6, 6.07) is 7.79. The standard InChI is InChI=1S/C67H97N3O24S3.2Na/c1-51-50-67(22-26-85-32-34-89-40-42-91-38-36-87-30-28-83-6,23-27-86-33-35-90-41-43-92-39-37-88-31-29-84-7)69(25-13-45-96(77,78)79)58-49-59-55(48-54(51)58)52(46-61(93-59)65(2,3)4)14-9-8-10-15-60-66(5,21-11-16-64(73)94-70-62(71)19-20-63(70)72)56-47-53(97(80,81)82)17-18-57(56)68(60)24-12-44-95(74,75)76;;/h8-10,14-15,17-18,46-50H,11-13,16,19-45H2,1-7H3,(H2-,74,75,76,77,78,79,80,81,82);;/q;2*+1/p-2. The second kappa shape index (κ2) is 43.0. The Morgan fingerprint density at radius 1 is 0.646 bits per heavy atom. The van der Waals surface area contributed by atoms with E-state index in [9.17, 15) is 53.3 Å². The summed E-state index contributed by atoms with van der Waals surface area (Å²) in [5.41, 5.74) is 2.76. The fraction of sp³-hybridized carbons (Fsp3) is 0.612. The number of allylic oxidation sites excluding steroid dienone is 9. The van der Waals surface area contributed by atoms with Gasteiger partial charge in [0.2, 0.25) is 5.69 Å². The number of amides is 2. The van der Waals surface area contributed by atoms with Crippen LogP contribution in [0.1, 0.15) is 109 Å². The van der Waals surface area contributed by atoms with Gasteiger partial charge in [0.05, 0.1) is 142 Å². The van der Waals surface area contributed by atoms with Crippen LogP contribution >= 0.6 is 0 Å². The maximum absolute atomic E-state index is 13.0. The Hall–Kier alpha value is -3.65. The Bertz CT molecular complexity index is 3470. The van der Waals surface area contributed by atoms with E-state index < -0.39 is 80.9 Å². The summed E-state index contributed by atoms with van der Waals surface area (Å²) in [6.45, 7) is 16.8. The molecule has 0 aromatic heterocycles. The average Bonchev–Trinajstić information content (AvgIpc) is 1.73. The first-order valence-electron chi connectivity index (χ1n) is 32.5. The van der Waals surface area contributed by atoms with Crippen molar-refractivity contribution >= 4 is 76.4 Å². The molecule has 542 valence electrons. The van der Waals surface area contributed by atoms with E-state index in [1.807, 2.05) is 52.0 Å². The molecule has 0 spiro atoms. The molecule has 0 N–H and O–H groups in total. The van der Waals surface area contributed by atoms with Crippen LogP contribution in [0, 0.1) is 5.41 Å². The van der Waals surface area contributed by atoms with Gasteiger partial charge in [-0.1, -0.05) is 51.2 Å². The first-order valence-corrected chi connectivity index (χ1v) is 37.1. The molecule has 2 aromatic rings. The molecule has 1 atom stereocenters. The Morgan fingerprint density at radius 2 is 1.15 bits per heavy atom. The molecule has 0 aliphatic carbocycles. The number of methoxy groups -OCH3 is 2. The predicted molar refractivity (Wildman–Crippen MR) is 355 cm³/mol. The Balaban J connectivity index is 0.0000104. The van der Waals surface area contributed by atoms with Gasteiger partial charge in [0.1, 0.15) is 28.2 Å². The van der Waals surface area contributed by atoms with Crippen LogP contribution in [-0.4, -0.2) is 235 Å². The quantitative estimate of drug-likeness (QED) is 0.0215. The van der Waals surface area contributed by atoms with Gasteiger partial charge in [-0.2, -0.15) is 4.58 Å². The molecule has 27 nitrogen and oxygen atoms in total. The van der Waals surface area contributed by atoms with Crippen molar-refractivity contribution in [3.63, 3.8) is 0 Å². The Morgan fingerprint density at radius 3 is 1.65 bits per heavy atom. The zero-order chi connectivity index (χ0) is 70.7. The molecule has 99 heavy (non-hydrogen) atoms. The van der Waals surface area contributed by atoms with Gasteiger partial charge in [-0.25, -0.2) is 30.0 Å². The predicted octanol–water partition coefficient (Wildman–Crippen LogP) is 0.289. The van der Waals surface area contributed by atoms with E-state index in [-0.39, 0.29) is 144 Å². The fourth-order valence-electron chi connectivity index (χ4n) is 11.5. The van der Waals surface area contributed by atoms with Crippen LogP contribution in [0.3, 0.4) is 0 Å². The molecule has 0 saturated carbocycles. The molecule has 0 radical (unpaired) electrons. The van der Waals surface area contributed by atoms with Gasteiger partial charge in [-0.05, 0) is 81.4 Å². The number of hydroxylamine groups is 2. The summed E-state index contributed by atoms with van der Waals surface area (Å²) in [5.74, 6) is -2.35. The minimum absolute atomic E-state index is 0. The molecular weight excluding hydrogens is 1370 g/mol. The molecule has 32 heteroatoms. The van der Waals surface area contributed by atoms with E-state index in [1.54, 1.807) is 50.0 Å². The Kier molecular flexibility index (Phi) is 38.1. The molecule has 4 aliphatic heterocycles. The van der Waals surface area contributed by atoms with E-state index in [4.69, 9.17) is 56.9 Å². The van der Waals surface area contributed by atoms with Gasteiger partial charge in [0.15, 0.2) is 5.71 Å². The van der Waals surface area contributed by atoms with Gasteiger partial charge in [-0.15, -0.1) is 5.06 Å². The van der Waals surface area contributed by atoms with E-state index in [1.165, 1.54) is 12.1 Å². The molecule has 2 aromatic carbocycles. The van der Waals surface area contributed by atoms with Crippen LogP contribution in [0.25, 0.3) is 11.1 Å². The van der Waals surface area contributed by atoms with Crippen molar-refractivity contribution in [2.45, 2.75) is 108 Å². The Labute approximate surface area is 627 Å². The van der Waals surface area contributed by atoms with Crippen molar-refractivity contribution in [3.05, 3.63) is 95.3 Å². The normalized spacial score (nSPS) is 17.4. The monoisotopic (exact) mass is 1470 g/mol. The molecule has 2 amide bonds. The number of fused-ring (bicyclic) bond motifs is 3. The number of ether oxygens (including phenoxy) is 11. The minimum atomic E-state index is -4.98. The number of hydrogen-bond acceptors (Lipinski definition) is 25. The van der Waals surface area contributed by atoms with E-state index in [0.717, 1.165) is 34.0 Å². The third-order valence-corrected chi connectivity index (χ3v) is 18.8. The fourth-order valence-corrected chi connectivity index (χ4v) is 13.0. The van der Waals surface area contributed by atoms with Crippen LogP contribution < -0.4 is 68.8 Å². The molecule has 0 bridgehead atoms. The van der Waals surface area contributed by atoms with Gasteiger partial charge >= 0.3 is 65.1 Å². The molecule has 1 saturated heterocycles. The van der Waals surface area contributed by atoms with Crippen LogP contribution in [0.5, 0.6) is 5.75 Å². The maximum atomic E-state index is 13.0. The first-order chi connectivity index (χ1) is 46.1. The second-order valence-electron chi connectivity index (χ2n) is 24.7. The number of imide groups is 1. The van der Waals surface area contributed by atoms with E-state index >= 15 is 0 Å². The number of benzene rings is 2. The smallest absolute Gasteiger partial charge is 0.748 e. The summed E-state index contributed by atoms with van der Waals surface area (Å²) in [7, 11) is -11.0. The van der Waals surface area contributed by atoms with E-state index in [2.05, 4.69) is 11.0 Å². The van der Waals surface area contributed by atoms with Crippen molar-refractivity contribution in [2.75, 3.05) is 163 Å². The van der Waals surface area contributed by atoms with Gasteiger partial charge in [0.25, 0.3) is 11.8 Å². The number of anilines is 1. The minimum Gasteiger partial charge on any atom is -0.748 e. The molecular formula is C67H95N3Na2O24S3. The van der Waals surface area contributed by atoms with Crippen molar-refractivity contribution in [1.82, 2.24) is 5.06 Å². The SMILES string of the molecule is COCCOCCOCCOCCOCCC1(CCOCCOCCOCCOCCOC)C=C(C)c2cc3c(cc2N1CCCS(=O)(=O)[O-])OC(C(C)(C)C)=CC3=CC=CC=CC1=[N+](CCCS(=O)(=O)[O-])c2ccc(S(=O)(=O)[O-])cc2C1(C)CCCC(=O)ON1C(=O)CCC1=O.[Na+].[Na+]. The third kappa shape index (κ3) is 28.4. The van der Waals surface area contributed by atoms with Gasteiger partial charge < -0.3 is 75.5 Å². The molecule has 6 rings (SSSR count). The van der Waals surface area contributed by atoms with Gasteiger partial charge in [0, 0.05) is 117 Å². The van der Waals surface area contributed by atoms with Crippen LogP contribution in [-0.2, 0) is 102 Å². The number of hydrogen-bond donors (Lipinski definition) is 0.